The number of rotatable bonds is 2. The summed E-state index contributed by atoms with van der Waals surface area (Å²) in [6.45, 7) is 2.42. The van der Waals surface area contributed by atoms with Crippen LogP contribution in [0.5, 0.6) is 0 Å². The Morgan fingerprint density at radius 3 is 2.17 bits per heavy atom. The molecule has 0 fully saturated rings. The van der Waals surface area contributed by atoms with Crippen LogP contribution in [0, 0.1) is 0 Å². The Morgan fingerprint density at radius 2 is 2.17 bits per heavy atom. The number of hydrogen-bond acceptors (Lipinski definition) is 3. The molecule has 0 amide bonds. The molecular formula is C3H10N2O. The summed E-state index contributed by atoms with van der Waals surface area (Å²) >= 11 is 0. The molecule has 0 spiro atoms. The van der Waals surface area contributed by atoms with Gasteiger partial charge in [-0.15, -0.1) is 0 Å². The maximum Gasteiger partial charge on any atom is 0.158 e. The molecule has 3 heteroatoms. The van der Waals surface area contributed by atoms with E-state index in [2.05, 4.69) is 4.74 Å². The van der Waals surface area contributed by atoms with Crippen molar-refractivity contribution in [2.24, 2.45) is 11.5 Å². The molecule has 0 aromatic heterocycles. The number of ether oxygens (including phenoxy) is 1. The van der Waals surface area contributed by atoms with Crippen LogP contribution in [0.4, 0.5) is 0 Å². The molecule has 0 saturated heterocycles. The first-order valence-electron chi connectivity index (χ1n) is 1.90. The summed E-state index contributed by atoms with van der Waals surface area (Å²) in [5.41, 5.74) is 9.92. The highest BCUT2D eigenvalue weighted by molar-refractivity contribution is 4.24. The van der Waals surface area contributed by atoms with E-state index in [9.17, 15) is 0 Å². The monoisotopic (exact) mass is 90.1 g/mol. The van der Waals surface area contributed by atoms with Gasteiger partial charge >= 0.3 is 0 Å². The van der Waals surface area contributed by atoms with Gasteiger partial charge in [0, 0.05) is 6.61 Å². The van der Waals surface area contributed by atoms with Crippen molar-refractivity contribution < 1.29 is 4.74 Å². The molecule has 0 aliphatic carbocycles. The first-order valence-corrected chi connectivity index (χ1v) is 1.90. The van der Waals surface area contributed by atoms with Gasteiger partial charge in [-0.05, 0) is 6.92 Å². The average molecular weight is 90.1 g/mol. The SMILES string of the molecule is CCOC(N)N. The third-order valence-corrected chi connectivity index (χ3v) is 0.359. The Bertz CT molecular complexity index is 30.0. The molecule has 0 aliphatic heterocycles. The molecular weight excluding hydrogens is 80.0 g/mol. The van der Waals surface area contributed by atoms with Gasteiger partial charge in [0.2, 0.25) is 0 Å². The van der Waals surface area contributed by atoms with Crippen LogP contribution in [0.1, 0.15) is 6.92 Å². The minimum Gasteiger partial charge on any atom is -0.351 e. The predicted molar refractivity (Wildman–Crippen MR) is 23.8 cm³/mol. The topological polar surface area (TPSA) is 61.3 Å². The molecule has 3 nitrogen and oxygen atoms in total. The lowest BCUT2D eigenvalue weighted by molar-refractivity contribution is 0.0727. The van der Waals surface area contributed by atoms with Crippen molar-refractivity contribution in [1.82, 2.24) is 0 Å². The standard InChI is InChI=1S/C3H10N2O/c1-2-6-3(4)5/h3H,2,4-5H2,1H3. The molecule has 0 aromatic carbocycles. The van der Waals surface area contributed by atoms with Gasteiger partial charge in [0.1, 0.15) is 0 Å². The number of nitrogens with two attached hydrogens (primary N) is 2. The first-order chi connectivity index (χ1) is 2.77. The lowest BCUT2D eigenvalue weighted by Gasteiger charge is -2.00. The summed E-state index contributed by atoms with van der Waals surface area (Å²) in [4.78, 5) is 0. The Balaban J connectivity index is 2.63. The van der Waals surface area contributed by atoms with E-state index in [1.807, 2.05) is 6.92 Å². The average Bonchev–Trinajstić information content (AvgIpc) is 1.35. The van der Waals surface area contributed by atoms with Crippen LogP contribution >= 0.6 is 0 Å². The molecule has 0 atom stereocenters. The minimum absolute atomic E-state index is 0.581. The van der Waals surface area contributed by atoms with E-state index >= 15 is 0 Å². The summed E-state index contributed by atoms with van der Waals surface area (Å²) in [6, 6.07) is 0. The molecule has 0 saturated carbocycles. The van der Waals surface area contributed by atoms with Gasteiger partial charge in [-0.1, -0.05) is 0 Å². The van der Waals surface area contributed by atoms with Crippen molar-refractivity contribution in [1.29, 1.82) is 0 Å². The second-order valence-electron chi connectivity index (χ2n) is 0.920. The second kappa shape index (κ2) is 3.08. The smallest absolute Gasteiger partial charge is 0.158 e. The summed E-state index contributed by atoms with van der Waals surface area (Å²) in [5, 5.41) is 0. The molecule has 4 N–H and O–H groups in total. The largest absolute Gasteiger partial charge is 0.351 e. The molecule has 0 bridgehead atoms. The van der Waals surface area contributed by atoms with Gasteiger partial charge in [0.25, 0.3) is 0 Å². The van der Waals surface area contributed by atoms with Gasteiger partial charge in [0.05, 0.1) is 0 Å². The fourth-order valence-electron chi connectivity index (χ4n) is 0.192. The van der Waals surface area contributed by atoms with Gasteiger partial charge in [0.15, 0.2) is 6.35 Å². The lowest BCUT2D eigenvalue weighted by Crippen LogP contribution is -2.33. The lowest BCUT2D eigenvalue weighted by atomic mass is 10.8. The molecule has 0 aliphatic rings. The zero-order valence-corrected chi connectivity index (χ0v) is 3.85. The molecule has 0 radical (unpaired) electrons. The van der Waals surface area contributed by atoms with Crippen LogP contribution in [-0.2, 0) is 4.74 Å². The molecule has 0 unspecified atom stereocenters. The van der Waals surface area contributed by atoms with Gasteiger partial charge in [-0.25, -0.2) is 0 Å². The summed E-state index contributed by atoms with van der Waals surface area (Å²) in [5.74, 6) is 0. The normalized spacial score (nSPS) is 10.0. The second-order valence-corrected chi connectivity index (χ2v) is 0.920. The fraction of sp³-hybridized carbons (Fsp3) is 1.00. The van der Waals surface area contributed by atoms with Crippen LogP contribution in [0.3, 0.4) is 0 Å². The van der Waals surface area contributed by atoms with Crippen molar-refractivity contribution in [2.75, 3.05) is 6.61 Å². The van der Waals surface area contributed by atoms with Crippen molar-refractivity contribution in [2.45, 2.75) is 13.3 Å². The maximum absolute atomic E-state index is 4.96. The van der Waals surface area contributed by atoms with E-state index in [1.54, 1.807) is 0 Å². The van der Waals surface area contributed by atoms with Gasteiger partial charge in [-0.2, -0.15) is 0 Å². The van der Waals surface area contributed by atoms with E-state index in [0.29, 0.717) is 6.61 Å². The predicted octanol–water partition coefficient (Wildman–Crippen LogP) is -0.776. The quantitative estimate of drug-likeness (QED) is 0.437. The number of hydrogen-bond donors (Lipinski definition) is 2. The molecule has 0 heterocycles. The summed E-state index contributed by atoms with van der Waals surface area (Å²) in [6.07, 6.45) is -0.602. The molecule has 6 heavy (non-hydrogen) atoms. The zero-order valence-electron chi connectivity index (χ0n) is 3.85. The minimum atomic E-state index is -0.602. The highest BCUT2D eigenvalue weighted by atomic mass is 16.5. The van der Waals surface area contributed by atoms with Crippen LogP contribution in [0.25, 0.3) is 0 Å². The van der Waals surface area contributed by atoms with E-state index in [0.717, 1.165) is 0 Å². The Hall–Kier alpha value is -0.120. The molecule has 0 rings (SSSR count). The van der Waals surface area contributed by atoms with E-state index in [-0.39, 0.29) is 0 Å². The van der Waals surface area contributed by atoms with Gasteiger partial charge in [-0.3, -0.25) is 11.5 Å². The Labute approximate surface area is 37.3 Å². The van der Waals surface area contributed by atoms with Crippen molar-refractivity contribution in [3.63, 3.8) is 0 Å². The summed E-state index contributed by atoms with van der Waals surface area (Å²) < 4.78 is 4.60. The third kappa shape index (κ3) is 3.88. The molecule has 38 valence electrons. The maximum atomic E-state index is 4.96. The zero-order chi connectivity index (χ0) is 4.99. The van der Waals surface area contributed by atoms with Gasteiger partial charge < -0.3 is 4.74 Å². The van der Waals surface area contributed by atoms with Crippen molar-refractivity contribution in [3.8, 4) is 0 Å². The van der Waals surface area contributed by atoms with E-state index in [4.69, 9.17) is 11.5 Å². The third-order valence-electron chi connectivity index (χ3n) is 0.359. The van der Waals surface area contributed by atoms with Crippen molar-refractivity contribution >= 4 is 0 Å². The highest BCUT2D eigenvalue weighted by Gasteiger charge is 1.83. The van der Waals surface area contributed by atoms with Crippen LogP contribution in [0.2, 0.25) is 0 Å². The van der Waals surface area contributed by atoms with E-state index in [1.165, 1.54) is 0 Å². The first kappa shape index (κ1) is 5.88. The van der Waals surface area contributed by atoms with Crippen LogP contribution in [-0.4, -0.2) is 13.0 Å². The van der Waals surface area contributed by atoms with Crippen LogP contribution < -0.4 is 11.5 Å². The fourth-order valence-corrected chi connectivity index (χ4v) is 0.192. The Kier molecular flexibility index (Phi) is 3.02. The highest BCUT2D eigenvalue weighted by Crippen LogP contribution is 1.66. The van der Waals surface area contributed by atoms with Crippen LogP contribution in [0.15, 0.2) is 0 Å². The molecule has 0 aromatic rings. The Morgan fingerprint density at radius 1 is 1.67 bits per heavy atom. The summed E-state index contributed by atoms with van der Waals surface area (Å²) in [7, 11) is 0. The van der Waals surface area contributed by atoms with Crippen molar-refractivity contribution in [3.05, 3.63) is 0 Å². The van der Waals surface area contributed by atoms with E-state index < -0.39 is 6.35 Å².